The van der Waals surface area contributed by atoms with Gasteiger partial charge in [-0.3, -0.25) is 10.1 Å². The Morgan fingerprint density at radius 1 is 1.33 bits per heavy atom. The molecule has 0 aliphatic heterocycles. The van der Waals surface area contributed by atoms with E-state index in [0.29, 0.717) is 5.69 Å². The lowest BCUT2D eigenvalue weighted by atomic mass is 10.2. The average molecular weight is 392 g/mol. The van der Waals surface area contributed by atoms with Gasteiger partial charge in [0.25, 0.3) is 5.91 Å². The minimum absolute atomic E-state index is 0.205. The van der Waals surface area contributed by atoms with Crippen LogP contribution in [0.1, 0.15) is 23.1 Å². The number of nitrogens with one attached hydrogen (secondary N) is 2. The maximum absolute atomic E-state index is 12.2. The van der Waals surface area contributed by atoms with E-state index in [9.17, 15) is 9.59 Å². The molecule has 7 nitrogen and oxygen atoms in total. The summed E-state index contributed by atoms with van der Waals surface area (Å²) in [7, 11) is 0. The van der Waals surface area contributed by atoms with Crippen molar-refractivity contribution in [3.05, 3.63) is 46.2 Å². The predicted molar refractivity (Wildman–Crippen MR) is 90.7 cm³/mol. The Kier molecular flexibility index (Phi) is 4.39. The van der Waals surface area contributed by atoms with Crippen molar-refractivity contribution in [2.45, 2.75) is 20.0 Å². The lowest BCUT2D eigenvalue weighted by Gasteiger charge is -2.11. The van der Waals surface area contributed by atoms with Crippen molar-refractivity contribution >= 4 is 44.6 Å². The molecular weight excluding hydrogens is 378 g/mol. The van der Waals surface area contributed by atoms with Crippen molar-refractivity contribution in [1.29, 1.82) is 0 Å². The molecule has 0 spiro atoms. The van der Waals surface area contributed by atoms with Crippen molar-refractivity contribution in [2.24, 2.45) is 0 Å². The van der Waals surface area contributed by atoms with Gasteiger partial charge in [0, 0.05) is 21.4 Å². The summed E-state index contributed by atoms with van der Waals surface area (Å²) in [6.45, 7) is 3.21. The van der Waals surface area contributed by atoms with Crippen LogP contribution in [0.2, 0.25) is 0 Å². The van der Waals surface area contributed by atoms with Gasteiger partial charge in [-0.05, 0) is 32.0 Å². The fourth-order valence-corrected chi connectivity index (χ4v) is 2.49. The third kappa shape index (κ3) is 3.48. The molecule has 1 unspecified atom stereocenters. The third-order valence-electron chi connectivity index (χ3n) is 3.33. The number of halogens is 1. The van der Waals surface area contributed by atoms with E-state index in [2.05, 4.69) is 31.4 Å². The lowest BCUT2D eigenvalue weighted by molar-refractivity contribution is -0.123. The minimum atomic E-state index is -0.985. The van der Waals surface area contributed by atoms with Crippen LogP contribution in [0.4, 0.5) is 5.88 Å². The Labute approximate surface area is 145 Å². The highest BCUT2D eigenvalue weighted by molar-refractivity contribution is 9.10. The summed E-state index contributed by atoms with van der Waals surface area (Å²) in [6, 6.07) is 8.85. The molecule has 3 aromatic rings. The van der Waals surface area contributed by atoms with Crippen molar-refractivity contribution < 1.29 is 18.8 Å². The number of ether oxygens (including phenoxy) is 1. The Bertz CT molecular complexity index is 915. The van der Waals surface area contributed by atoms with E-state index in [1.807, 2.05) is 18.2 Å². The van der Waals surface area contributed by atoms with Crippen LogP contribution in [0, 0.1) is 6.92 Å². The monoisotopic (exact) mass is 391 g/mol. The smallest absolute Gasteiger partial charge is 0.355 e. The number of anilines is 1. The first-order valence-electron chi connectivity index (χ1n) is 7.16. The number of esters is 1. The molecule has 1 atom stereocenters. The van der Waals surface area contributed by atoms with Crippen LogP contribution in [0.3, 0.4) is 0 Å². The van der Waals surface area contributed by atoms with E-state index in [1.54, 1.807) is 19.1 Å². The Morgan fingerprint density at radius 3 is 2.83 bits per heavy atom. The number of hydrogen-bond acceptors (Lipinski definition) is 5. The maximum atomic E-state index is 12.2. The number of aromatic amines is 1. The summed E-state index contributed by atoms with van der Waals surface area (Å²) in [4.78, 5) is 27.2. The summed E-state index contributed by atoms with van der Waals surface area (Å²) >= 11 is 3.37. The number of H-pyrrole nitrogens is 1. The van der Waals surface area contributed by atoms with Crippen LogP contribution in [-0.2, 0) is 9.53 Å². The number of carbonyl (C=O) groups is 2. The first-order chi connectivity index (χ1) is 11.4. The predicted octanol–water partition coefficient (Wildman–Crippen LogP) is 3.41. The molecule has 2 aromatic heterocycles. The summed E-state index contributed by atoms with van der Waals surface area (Å²) in [5.41, 5.74) is 1.71. The van der Waals surface area contributed by atoms with Gasteiger partial charge in [-0.1, -0.05) is 27.2 Å². The lowest BCUT2D eigenvalue weighted by Crippen LogP contribution is -2.29. The van der Waals surface area contributed by atoms with Gasteiger partial charge in [-0.15, -0.1) is 0 Å². The van der Waals surface area contributed by atoms with E-state index >= 15 is 0 Å². The molecule has 0 aliphatic carbocycles. The molecule has 0 bridgehead atoms. The number of rotatable bonds is 4. The molecule has 0 saturated carbocycles. The van der Waals surface area contributed by atoms with Gasteiger partial charge in [0.2, 0.25) is 5.88 Å². The molecule has 2 heterocycles. The van der Waals surface area contributed by atoms with E-state index in [1.165, 1.54) is 6.92 Å². The normalized spacial score (nSPS) is 12.1. The highest BCUT2D eigenvalue weighted by Gasteiger charge is 2.21. The van der Waals surface area contributed by atoms with E-state index in [4.69, 9.17) is 9.26 Å². The second kappa shape index (κ2) is 6.48. The molecule has 2 N–H and O–H groups in total. The average Bonchev–Trinajstić information content (AvgIpc) is 3.12. The third-order valence-corrected chi connectivity index (χ3v) is 3.83. The quantitative estimate of drug-likeness (QED) is 0.664. The van der Waals surface area contributed by atoms with Gasteiger partial charge in [0.1, 0.15) is 5.69 Å². The molecule has 24 heavy (non-hydrogen) atoms. The Balaban J connectivity index is 1.67. The van der Waals surface area contributed by atoms with Crippen LogP contribution in [-0.4, -0.2) is 28.1 Å². The number of carbonyl (C=O) groups excluding carboxylic acids is 2. The van der Waals surface area contributed by atoms with Gasteiger partial charge < -0.3 is 14.2 Å². The zero-order valence-corrected chi connectivity index (χ0v) is 14.5. The molecule has 1 amide bonds. The molecule has 0 fully saturated rings. The molecule has 0 radical (unpaired) electrons. The summed E-state index contributed by atoms with van der Waals surface area (Å²) in [5, 5.41) is 7.03. The molecular formula is C16H14BrN3O4. The minimum Gasteiger partial charge on any atom is -0.448 e. The number of amides is 1. The summed E-state index contributed by atoms with van der Waals surface area (Å²) in [6.07, 6.45) is -0.985. The molecule has 0 aliphatic rings. The molecule has 1 aromatic carbocycles. The first-order valence-corrected chi connectivity index (χ1v) is 7.95. The molecule has 0 saturated heterocycles. The number of fused-ring (bicyclic) bond motifs is 1. The summed E-state index contributed by atoms with van der Waals surface area (Å²) in [5.74, 6) is -0.909. The number of nitrogens with zero attached hydrogens (tertiary/aromatic N) is 1. The standard InChI is InChI=1S/C16H14BrN3O4/c1-8-5-14(24-20-8)19-15(21)9(2)23-16(22)13-6-10-3-4-11(17)7-12(10)18-13/h3-7,9,18H,1-2H3,(H,19,21). The second-order valence-electron chi connectivity index (χ2n) is 5.28. The Hall–Kier alpha value is -2.61. The van der Waals surface area contributed by atoms with Crippen molar-refractivity contribution in [1.82, 2.24) is 10.1 Å². The summed E-state index contributed by atoms with van der Waals surface area (Å²) < 4.78 is 11.0. The number of hydrogen-bond donors (Lipinski definition) is 2. The SMILES string of the molecule is Cc1cc(NC(=O)C(C)OC(=O)c2cc3ccc(Br)cc3[nH]2)on1. The molecule has 8 heteroatoms. The van der Waals surface area contributed by atoms with E-state index in [0.717, 1.165) is 15.4 Å². The van der Waals surface area contributed by atoms with Crippen LogP contribution in [0.5, 0.6) is 0 Å². The van der Waals surface area contributed by atoms with Crippen molar-refractivity contribution in [3.63, 3.8) is 0 Å². The zero-order chi connectivity index (χ0) is 17.3. The molecule has 3 rings (SSSR count). The van der Waals surface area contributed by atoms with Gasteiger partial charge in [-0.25, -0.2) is 4.79 Å². The van der Waals surface area contributed by atoms with Gasteiger partial charge in [0.15, 0.2) is 6.10 Å². The first kappa shape index (κ1) is 16.3. The number of aryl methyl sites for hydroxylation is 1. The maximum Gasteiger partial charge on any atom is 0.355 e. The van der Waals surface area contributed by atoms with E-state index < -0.39 is 18.0 Å². The number of benzene rings is 1. The van der Waals surface area contributed by atoms with Crippen LogP contribution in [0.15, 0.2) is 39.3 Å². The highest BCUT2D eigenvalue weighted by atomic mass is 79.9. The van der Waals surface area contributed by atoms with E-state index in [-0.39, 0.29) is 11.6 Å². The van der Waals surface area contributed by atoms with Crippen LogP contribution < -0.4 is 5.32 Å². The molecule has 124 valence electrons. The zero-order valence-electron chi connectivity index (χ0n) is 12.9. The van der Waals surface area contributed by atoms with Crippen LogP contribution >= 0.6 is 15.9 Å². The van der Waals surface area contributed by atoms with Gasteiger partial charge in [0.05, 0.1) is 5.69 Å². The van der Waals surface area contributed by atoms with Gasteiger partial charge in [-0.2, -0.15) is 0 Å². The highest BCUT2D eigenvalue weighted by Crippen LogP contribution is 2.21. The van der Waals surface area contributed by atoms with Gasteiger partial charge >= 0.3 is 5.97 Å². The second-order valence-corrected chi connectivity index (χ2v) is 6.20. The largest absolute Gasteiger partial charge is 0.448 e. The topological polar surface area (TPSA) is 97.2 Å². The fraction of sp³-hybridized carbons (Fsp3) is 0.188. The van der Waals surface area contributed by atoms with Crippen molar-refractivity contribution in [2.75, 3.05) is 5.32 Å². The van der Waals surface area contributed by atoms with Crippen molar-refractivity contribution in [3.8, 4) is 0 Å². The van der Waals surface area contributed by atoms with Crippen LogP contribution in [0.25, 0.3) is 10.9 Å². The fourth-order valence-electron chi connectivity index (χ4n) is 2.13. The number of aromatic nitrogens is 2. The Morgan fingerprint density at radius 2 is 2.12 bits per heavy atom.